The summed E-state index contributed by atoms with van der Waals surface area (Å²) in [6, 6.07) is 7.62. The lowest BCUT2D eigenvalue weighted by molar-refractivity contribution is -0.122. The van der Waals surface area contributed by atoms with Crippen LogP contribution in [0.4, 0.5) is 10.5 Å². The number of nitrogens with zero attached hydrogens (tertiary/aromatic N) is 2. The van der Waals surface area contributed by atoms with Crippen LogP contribution in [0.3, 0.4) is 0 Å². The van der Waals surface area contributed by atoms with Crippen LogP contribution in [0.2, 0.25) is 0 Å². The van der Waals surface area contributed by atoms with E-state index in [9.17, 15) is 14.4 Å². The molecule has 0 saturated carbocycles. The maximum atomic E-state index is 13.0. The first-order valence-electron chi connectivity index (χ1n) is 9.08. The third kappa shape index (κ3) is 3.93. The fraction of sp³-hybridized carbons (Fsp3) is 0.286. The predicted octanol–water partition coefficient (Wildman–Crippen LogP) is 2.43. The number of amides is 4. The molecule has 0 bridgehead atoms. The first-order chi connectivity index (χ1) is 13.9. The molecule has 1 saturated heterocycles. The van der Waals surface area contributed by atoms with Crippen molar-refractivity contribution in [2.75, 3.05) is 25.7 Å². The van der Waals surface area contributed by atoms with Crippen LogP contribution >= 0.6 is 0 Å². The van der Waals surface area contributed by atoms with Gasteiger partial charge < -0.3 is 14.0 Å². The highest BCUT2D eigenvalue weighted by Gasteiger charge is 2.37. The second kappa shape index (κ2) is 8.32. The van der Waals surface area contributed by atoms with E-state index in [4.69, 9.17) is 9.47 Å². The second-order valence-corrected chi connectivity index (χ2v) is 6.63. The number of aryl methyl sites for hydroxylation is 1. The highest BCUT2D eigenvalue weighted by atomic mass is 16.5. The number of barbiturate groups is 1. The van der Waals surface area contributed by atoms with Gasteiger partial charge in [0.15, 0.2) is 0 Å². The minimum Gasteiger partial charge on any atom is -0.497 e. The average molecular weight is 397 g/mol. The fourth-order valence-electron chi connectivity index (χ4n) is 3.30. The lowest BCUT2D eigenvalue weighted by Crippen LogP contribution is -2.54. The summed E-state index contributed by atoms with van der Waals surface area (Å²) >= 11 is 0. The molecule has 4 amide bonds. The molecule has 1 aromatic heterocycles. The quantitative estimate of drug-likeness (QED) is 0.597. The van der Waals surface area contributed by atoms with Crippen LogP contribution in [0.5, 0.6) is 5.75 Å². The smallest absolute Gasteiger partial charge is 0.335 e. The lowest BCUT2D eigenvalue weighted by atomic mass is 10.1. The number of carbonyl (C=O) groups is 3. The van der Waals surface area contributed by atoms with Crippen LogP contribution in [-0.4, -0.2) is 43.2 Å². The van der Waals surface area contributed by atoms with Crippen LogP contribution < -0.4 is 15.0 Å². The Kier molecular flexibility index (Phi) is 5.84. The molecule has 1 fully saturated rings. The number of urea groups is 1. The van der Waals surface area contributed by atoms with Gasteiger partial charge in [-0.25, -0.2) is 9.69 Å². The molecule has 152 valence electrons. The van der Waals surface area contributed by atoms with Crippen molar-refractivity contribution < 1.29 is 23.9 Å². The number of methoxy groups -OCH3 is 2. The molecule has 8 nitrogen and oxygen atoms in total. The molecule has 8 heteroatoms. The van der Waals surface area contributed by atoms with Crippen molar-refractivity contribution in [3.8, 4) is 5.75 Å². The summed E-state index contributed by atoms with van der Waals surface area (Å²) in [5.74, 6) is -0.915. The summed E-state index contributed by atoms with van der Waals surface area (Å²) in [5.41, 5.74) is 2.82. The van der Waals surface area contributed by atoms with E-state index in [2.05, 4.69) is 5.32 Å². The first-order valence-corrected chi connectivity index (χ1v) is 9.08. The van der Waals surface area contributed by atoms with E-state index in [0.717, 1.165) is 21.9 Å². The van der Waals surface area contributed by atoms with Gasteiger partial charge in [-0.2, -0.15) is 0 Å². The van der Waals surface area contributed by atoms with Gasteiger partial charge in [-0.3, -0.25) is 14.9 Å². The molecule has 0 aliphatic carbocycles. The van der Waals surface area contributed by atoms with Crippen molar-refractivity contribution in [3.63, 3.8) is 0 Å². The highest BCUT2D eigenvalue weighted by Crippen LogP contribution is 2.26. The largest absolute Gasteiger partial charge is 0.497 e. The Hall–Kier alpha value is -3.39. The second-order valence-electron chi connectivity index (χ2n) is 6.63. The maximum Gasteiger partial charge on any atom is 0.335 e. The Morgan fingerprint density at radius 2 is 1.86 bits per heavy atom. The minimum absolute atomic E-state index is 0.112. The number of rotatable bonds is 6. The zero-order valence-electron chi connectivity index (χ0n) is 16.8. The first kappa shape index (κ1) is 20.3. The molecule has 29 heavy (non-hydrogen) atoms. The van der Waals surface area contributed by atoms with Gasteiger partial charge in [0.25, 0.3) is 11.8 Å². The summed E-state index contributed by atoms with van der Waals surface area (Å²) < 4.78 is 12.3. The van der Waals surface area contributed by atoms with Crippen molar-refractivity contribution in [3.05, 3.63) is 52.9 Å². The molecule has 0 unspecified atom stereocenters. The Labute approximate surface area is 168 Å². The van der Waals surface area contributed by atoms with Crippen LogP contribution in [0.25, 0.3) is 6.08 Å². The van der Waals surface area contributed by atoms with Gasteiger partial charge in [0.05, 0.1) is 19.4 Å². The maximum absolute atomic E-state index is 13.0. The summed E-state index contributed by atoms with van der Waals surface area (Å²) in [6.45, 7) is 5.06. The third-order valence-electron chi connectivity index (χ3n) is 4.84. The molecular weight excluding hydrogens is 374 g/mol. The SMILES string of the molecule is COCCn1c(C)cc(C=C2C(=O)NC(=O)N(c3cccc(OC)c3)C2=O)c1C. The summed E-state index contributed by atoms with van der Waals surface area (Å²) in [7, 11) is 3.12. The highest BCUT2D eigenvalue weighted by molar-refractivity contribution is 6.39. The zero-order valence-corrected chi connectivity index (χ0v) is 16.8. The Morgan fingerprint density at radius 1 is 1.10 bits per heavy atom. The van der Waals surface area contributed by atoms with Crippen LogP contribution in [0.15, 0.2) is 35.9 Å². The van der Waals surface area contributed by atoms with E-state index in [1.54, 1.807) is 31.4 Å². The Balaban J connectivity index is 2.00. The summed E-state index contributed by atoms with van der Waals surface area (Å²) in [4.78, 5) is 38.7. The molecule has 2 aromatic rings. The van der Waals surface area contributed by atoms with Gasteiger partial charge in [-0.05, 0) is 43.7 Å². The van der Waals surface area contributed by atoms with Crippen molar-refractivity contribution in [2.45, 2.75) is 20.4 Å². The number of carbonyl (C=O) groups excluding carboxylic acids is 3. The molecule has 1 aliphatic rings. The number of aromatic nitrogens is 1. The van der Waals surface area contributed by atoms with Gasteiger partial charge in [-0.15, -0.1) is 0 Å². The normalized spacial score (nSPS) is 15.8. The van der Waals surface area contributed by atoms with E-state index in [-0.39, 0.29) is 5.57 Å². The van der Waals surface area contributed by atoms with Crippen LogP contribution in [0, 0.1) is 13.8 Å². The predicted molar refractivity (Wildman–Crippen MR) is 108 cm³/mol. The molecule has 1 aliphatic heterocycles. The van der Waals surface area contributed by atoms with Gasteiger partial charge in [0, 0.05) is 31.1 Å². The van der Waals surface area contributed by atoms with Crippen molar-refractivity contribution >= 4 is 29.6 Å². The number of ether oxygens (including phenoxy) is 2. The van der Waals surface area contributed by atoms with Crippen molar-refractivity contribution in [2.24, 2.45) is 0 Å². The number of hydrogen-bond donors (Lipinski definition) is 1. The number of benzene rings is 1. The number of imide groups is 2. The van der Waals surface area contributed by atoms with Crippen molar-refractivity contribution in [1.82, 2.24) is 9.88 Å². The summed E-state index contributed by atoms with van der Waals surface area (Å²) in [6.07, 6.45) is 1.52. The van der Waals surface area contributed by atoms with E-state index >= 15 is 0 Å². The number of anilines is 1. The molecule has 1 aromatic carbocycles. The molecular formula is C21H23N3O5. The summed E-state index contributed by atoms with van der Waals surface area (Å²) in [5, 5.41) is 2.23. The van der Waals surface area contributed by atoms with Crippen LogP contribution in [0.1, 0.15) is 17.0 Å². The molecule has 3 rings (SSSR count). The number of nitrogens with one attached hydrogen (secondary N) is 1. The monoisotopic (exact) mass is 397 g/mol. The molecule has 0 spiro atoms. The van der Waals surface area contributed by atoms with E-state index in [1.165, 1.54) is 13.2 Å². The Bertz CT molecular complexity index is 1010. The number of hydrogen-bond acceptors (Lipinski definition) is 5. The van der Waals surface area contributed by atoms with Gasteiger partial charge in [0.1, 0.15) is 11.3 Å². The molecule has 0 radical (unpaired) electrons. The average Bonchev–Trinajstić information content (AvgIpc) is 2.96. The van der Waals surface area contributed by atoms with Gasteiger partial charge in [-0.1, -0.05) is 6.07 Å². The van der Waals surface area contributed by atoms with Gasteiger partial charge >= 0.3 is 6.03 Å². The minimum atomic E-state index is -0.795. The lowest BCUT2D eigenvalue weighted by Gasteiger charge is -2.26. The zero-order chi connectivity index (χ0) is 21.1. The molecule has 2 heterocycles. The van der Waals surface area contributed by atoms with Gasteiger partial charge in [0.2, 0.25) is 0 Å². The van der Waals surface area contributed by atoms with E-state index in [1.807, 2.05) is 24.5 Å². The van der Waals surface area contributed by atoms with E-state index in [0.29, 0.717) is 24.6 Å². The standard InChI is InChI=1S/C21H23N3O5/c1-13-10-15(14(2)23(13)8-9-28-3)11-18-19(25)22-21(27)24(20(18)26)16-6-5-7-17(12-16)29-4/h5-7,10-12H,8-9H2,1-4H3,(H,22,25,27). The van der Waals surface area contributed by atoms with Crippen LogP contribution in [-0.2, 0) is 20.9 Å². The topological polar surface area (TPSA) is 89.9 Å². The molecule has 1 N–H and O–H groups in total. The fourth-order valence-corrected chi connectivity index (χ4v) is 3.30. The third-order valence-corrected chi connectivity index (χ3v) is 4.84. The Morgan fingerprint density at radius 3 is 2.55 bits per heavy atom. The van der Waals surface area contributed by atoms with Crippen molar-refractivity contribution in [1.29, 1.82) is 0 Å². The molecule has 0 atom stereocenters. The van der Waals surface area contributed by atoms with E-state index < -0.39 is 17.8 Å².